The molecule has 0 aliphatic carbocycles. The van der Waals surface area contributed by atoms with Crippen LogP contribution in [-0.2, 0) is 16.1 Å². The summed E-state index contributed by atoms with van der Waals surface area (Å²) in [4.78, 5) is 23.8. The van der Waals surface area contributed by atoms with Crippen molar-refractivity contribution in [2.45, 2.75) is 25.9 Å². The fraction of sp³-hybridized carbons (Fsp3) is 0.294. The molecule has 0 aliphatic heterocycles. The van der Waals surface area contributed by atoms with Gasteiger partial charge in [0.1, 0.15) is 18.2 Å². The first kappa shape index (κ1) is 19.0. The Balaban J connectivity index is 2.61. The molecule has 0 unspecified atom stereocenters. The molecule has 0 spiro atoms. The maximum atomic E-state index is 13.3. The minimum atomic E-state index is -0.994. The van der Waals surface area contributed by atoms with E-state index < -0.39 is 35.5 Å². The molecule has 0 aliphatic rings. The van der Waals surface area contributed by atoms with Crippen LogP contribution < -0.4 is 5.43 Å². The van der Waals surface area contributed by atoms with E-state index in [0.29, 0.717) is 0 Å². The van der Waals surface area contributed by atoms with Crippen molar-refractivity contribution in [2.24, 2.45) is 0 Å². The number of rotatable bonds is 6. The summed E-state index contributed by atoms with van der Waals surface area (Å²) >= 11 is 6.06. The lowest BCUT2D eigenvalue weighted by atomic mass is 9.92. The van der Waals surface area contributed by atoms with Gasteiger partial charge in [-0.2, -0.15) is 0 Å². The molecule has 0 saturated heterocycles. The number of halogens is 2. The molecule has 0 amide bonds. The monoisotopic (exact) mass is 370 g/mol. The zero-order valence-corrected chi connectivity index (χ0v) is 14.0. The van der Waals surface area contributed by atoms with Crippen LogP contribution in [0.4, 0.5) is 4.39 Å². The van der Waals surface area contributed by atoms with E-state index >= 15 is 0 Å². The lowest BCUT2D eigenvalue weighted by Crippen LogP contribution is -2.15. The summed E-state index contributed by atoms with van der Waals surface area (Å²) in [6, 6.07) is 4.43. The standard InChI is InChI=1S/C17H16ClFO6/c1-2-24-15(22)7-12(11-4-3-9(19)5-13(11)18)17-16(23)14(21)6-10(8-20)25-17/h3-6,12,20,23H,2,7-8H2,1H3/t12-/m0/s1. The fourth-order valence-corrected chi connectivity index (χ4v) is 2.68. The van der Waals surface area contributed by atoms with Crippen LogP contribution in [0.1, 0.15) is 36.3 Å². The molecule has 1 atom stereocenters. The molecule has 2 rings (SSSR count). The number of carbonyl (C=O) groups excluding carboxylic acids is 1. The first-order valence-electron chi connectivity index (χ1n) is 7.44. The third-order valence-corrected chi connectivity index (χ3v) is 3.81. The molecule has 134 valence electrons. The van der Waals surface area contributed by atoms with Crippen LogP contribution in [0.3, 0.4) is 0 Å². The number of aliphatic hydroxyl groups is 1. The van der Waals surface area contributed by atoms with Crippen molar-refractivity contribution in [1.29, 1.82) is 0 Å². The third kappa shape index (κ3) is 4.37. The minimum absolute atomic E-state index is 0.00857. The molecule has 6 nitrogen and oxygen atoms in total. The van der Waals surface area contributed by atoms with Gasteiger partial charge >= 0.3 is 5.97 Å². The van der Waals surface area contributed by atoms with Crippen LogP contribution in [0.25, 0.3) is 0 Å². The number of hydrogen-bond acceptors (Lipinski definition) is 6. The van der Waals surface area contributed by atoms with Crippen molar-refractivity contribution in [3.63, 3.8) is 0 Å². The molecule has 1 aromatic carbocycles. The van der Waals surface area contributed by atoms with Gasteiger partial charge in [0.25, 0.3) is 0 Å². The van der Waals surface area contributed by atoms with Crippen molar-refractivity contribution >= 4 is 17.6 Å². The first-order chi connectivity index (χ1) is 11.9. The van der Waals surface area contributed by atoms with E-state index in [2.05, 4.69) is 0 Å². The van der Waals surface area contributed by atoms with Gasteiger partial charge < -0.3 is 19.4 Å². The molecular weight excluding hydrogens is 355 g/mol. The van der Waals surface area contributed by atoms with Gasteiger partial charge in [-0.1, -0.05) is 17.7 Å². The molecule has 8 heteroatoms. The Morgan fingerprint density at radius 2 is 2.12 bits per heavy atom. The number of ether oxygens (including phenoxy) is 1. The number of esters is 1. The molecule has 0 radical (unpaired) electrons. The lowest BCUT2D eigenvalue weighted by molar-refractivity contribution is -0.143. The maximum absolute atomic E-state index is 13.3. The van der Waals surface area contributed by atoms with Gasteiger partial charge in [0.2, 0.25) is 11.2 Å². The van der Waals surface area contributed by atoms with Crippen LogP contribution in [-0.4, -0.2) is 22.8 Å². The zero-order chi connectivity index (χ0) is 18.6. The summed E-state index contributed by atoms with van der Waals surface area (Å²) in [5.41, 5.74) is -0.512. The van der Waals surface area contributed by atoms with Gasteiger partial charge in [-0.05, 0) is 24.6 Å². The number of aliphatic hydroxyl groups excluding tert-OH is 1. The van der Waals surface area contributed by atoms with E-state index in [0.717, 1.165) is 18.2 Å². The van der Waals surface area contributed by atoms with Gasteiger partial charge in [0.05, 0.1) is 18.9 Å². The van der Waals surface area contributed by atoms with Crippen molar-refractivity contribution in [3.05, 3.63) is 62.4 Å². The number of benzene rings is 1. The second-order valence-electron chi connectivity index (χ2n) is 5.18. The van der Waals surface area contributed by atoms with Crippen LogP contribution in [0.5, 0.6) is 5.75 Å². The van der Waals surface area contributed by atoms with Crippen LogP contribution in [0.2, 0.25) is 5.02 Å². The third-order valence-electron chi connectivity index (χ3n) is 3.49. The average molecular weight is 371 g/mol. The van der Waals surface area contributed by atoms with Crippen LogP contribution in [0.15, 0.2) is 33.5 Å². The van der Waals surface area contributed by atoms with E-state index in [1.54, 1.807) is 6.92 Å². The molecule has 25 heavy (non-hydrogen) atoms. The van der Waals surface area contributed by atoms with Gasteiger partial charge in [0, 0.05) is 11.1 Å². The summed E-state index contributed by atoms with van der Waals surface area (Å²) in [6.07, 6.45) is -0.301. The van der Waals surface area contributed by atoms with Crippen LogP contribution in [0, 0.1) is 5.82 Å². The SMILES string of the molecule is CCOC(=O)C[C@@H](c1ccc(F)cc1Cl)c1oc(CO)cc(=O)c1O. The van der Waals surface area contributed by atoms with Gasteiger partial charge in [0.15, 0.2) is 5.76 Å². The van der Waals surface area contributed by atoms with Crippen molar-refractivity contribution in [3.8, 4) is 5.75 Å². The van der Waals surface area contributed by atoms with Gasteiger partial charge in [-0.3, -0.25) is 9.59 Å². The Morgan fingerprint density at radius 1 is 1.40 bits per heavy atom. The number of hydrogen-bond donors (Lipinski definition) is 2. The highest BCUT2D eigenvalue weighted by atomic mass is 35.5. The Kier molecular flexibility index (Phi) is 6.17. The van der Waals surface area contributed by atoms with Gasteiger partial charge in [-0.25, -0.2) is 4.39 Å². The molecular formula is C17H16ClFO6. The van der Waals surface area contributed by atoms with Crippen molar-refractivity contribution in [2.75, 3.05) is 6.61 Å². The molecule has 0 saturated carbocycles. The Labute approximate surface area is 147 Å². The summed E-state index contributed by atoms with van der Waals surface area (Å²) in [5, 5.41) is 19.3. The maximum Gasteiger partial charge on any atom is 0.306 e. The van der Waals surface area contributed by atoms with Gasteiger partial charge in [-0.15, -0.1) is 0 Å². The first-order valence-corrected chi connectivity index (χ1v) is 7.82. The number of aromatic hydroxyl groups is 1. The largest absolute Gasteiger partial charge is 0.502 e. The Morgan fingerprint density at radius 3 is 2.72 bits per heavy atom. The normalized spacial score (nSPS) is 12.0. The van der Waals surface area contributed by atoms with E-state index in [1.807, 2.05) is 0 Å². The summed E-state index contributed by atoms with van der Waals surface area (Å²) in [7, 11) is 0. The quantitative estimate of drug-likeness (QED) is 0.759. The highest BCUT2D eigenvalue weighted by molar-refractivity contribution is 6.31. The topological polar surface area (TPSA) is 97.0 Å². The second-order valence-corrected chi connectivity index (χ2v) is 5.58. The minimum Gasteiger partial charge on any atom is -0.502 e. The highest BCUT2D eigenvalue weighted by Gasteiger charge is 2.28. The second kappa shape index (κ2) is 8.13. The fourth-order valence-electron chi connectivity index (χ4n) is 2.38. The molecule has 2 N–H and O–H groups in total. The predicted molar refractivity (Wildman–Crippen MR) is 87.1 cm³/mol. The molecule has 0 fully saturated rings. The van der Waals surface area contributed by atoms with Crippen molar-refractivity contribution in [1.82, 2.24) is 0 Å². The Bertz CT molecular complexity index is 832. The van der Waals surface area contributed by atoms with Crippen LogP contribution >= 0.6 is 11.6 Å². The van der Waals surface area contributed by atoms with Crippen molar-refractivity contribution < 1.29 is 28.6 Å². The lowest BCUT2D eigenvalue weighted by Gasteiger charge is -2.18. The molecule has 1 aromatic heterocycles. The van der Waals surface area contributed by atoms with E-state index in [9.17, 15) is 24.2 Å². The summed E-state index contributed by atoms with van der Waals surface area (Å²) in [6.45, 7) is 1.18. The molecule has 1 heterocycles. The van der Waals surface area contributed by atoms with E-state index in [4.69, 9.17) is 20.8 Å². The number of carbonyl (C=O) groups is 1. The van der Waals surface area contributed by atoms with E-state index in [-0.39, 0.29) is 35.1 Å². The summed E-state index contributed by atoms with van der Waals surface area (Å²) in [5.74, 6) is -3.26. The molecule has 2 aromatic rings. The highest BCUT2D eigenvalue weighted by Crippen LogP contribution is 2.37. The predicted octanol–water partition coefficient (Wildman–Crippen LogP) is 2.72. The zero-order valence-electron chi connectivity index (χ0n) is 13.3. The summed E-state index contributed by atoms with van der Waals surface area (Å²) < 4.78 is 23.6. The molecule has 0 bridgehead atoms. The Hall–Kier alpha value is -2.38. The smallest absolute Gasteiger partial charge is 0.306 e. The van der Waals surface area contributed by atoms with E-state index in [1.165, 1.54) is 6.07 Å². The average Bonchev–Trinajstić information content (AvgIpc) is 2.56.